The molecule has 0 aliphatic carbocycles. The highest BCUT2D eigenvalue weighted by molar-refractivity contribution is 5.87. The number of aromatic nitrogens is 2. The van der Waals surface area contributed by atoms with E-state index in [1.54, 1.807) is 17.8 Å². The highest BCUT2D eigenvalue weighted by atomic mass is 16.7. The van der Waals surface area contributed by atoms with E-state index in [4.69, 9.17) is 14.2 Å². The van der Waals surface area contributed by atoms with Gasteiger partial charge < -0.3 is 14.2 Å². The van der Waals surface area contributed by atoms with E-state index in [0.717, 1.165) is 11.3 Å². The normalized spacial score (nSPS) is 13.2. The molecule has 6 nitrogen and oxygen atoms in total. The smallest absolute Gasteiger partial charge is 0.356 e. The van der Waals surface area contributed by atoms with Crippen molar-refractivity contribution in [3.63, 3.8) is 0 Å². The quantitative estimate of drug-likeness (QED) is 0.815. The van der Waals surface area contributed by atoms with Crippen LogP contribution in [0.25, 0.3) is 0 Å². The summed E-state index contributed by atoms with van der Waals surface area (Å²) in [4.78, 5) is 12.3. The summed E-state index contributed by atoms with van der Waals surface area (Å²) in [6, 6.07) is 7.26. The highest BCUT2D eigenvalue weighted by Gasteiger charge is 2.22. The molecule has 2 aromatic rings. The Kier molecular flexibility index (Phi) is 3.75. The van der Waals surface area contributed by atoms with Gasteiger partial charge in [-0.25, -0.2) is 4.79 Å². The number of aryl methyl sites for hydroxylation is 1. The molecule has 0 unspecified atom stereocenters. The van der Waals surface area contributed by atoms with Crippen LogP contribution in [0.3, 0.4) is 0 Å². The van der Waals surface area contributed by atoms with Crippen LogP contribution in [0.2, 0.25) is 0 Å². The standard InChI is InChI=1S/C17H20N2O4/c1-17(2,3)15-8-12(19(4)18-15)16(20)21-9-11-5-6-13-14(7-11)23-10-22-13/h5-8H,9-10H2,1-4H3. The van der Waals surface area contributed by atoms with E-state index in [0.29, 0.717) is 17.2 Å². The first kappa shape index (κ1) is 15.4. The number of benzene rings is 1. The first-order valence-corrected chi connectivity index (χ1v) is 7.45. The van der Waals surface area contributed by atoms with Gasteiger partial charge in [0.25, 0.3) is 0 Å². The molecule has 6 heteroatoms. The van der Waals surface area contributed by atoms with Crippen molar-refractivity contribution in [1.82, 2.24) is 9.78 Å². The monoisotopic (exact) mass is 316 g/mol. The molecule has 0 amide bonds. The molecule has 3 rings (SSSR count). The van der Waals surface area contributed by atoms with Crippen LogP contribution >= 0.6 is 0 Å². The summed E-state index contributed by atoms with van der Waals surface area (Å²) in [5, 5.41) is 4.38. The Balaban J connectivity index is 1.69. The molecule has 1 aromatic carbocycles. The van der Waals surface area contributed by atoms with Gasteiger partial charge in [-0.15, -0.1) is 0 Å². The maximum absolute atomic E-state index is 12.3. The Morgan fingerprint density at radius 2 is 2.00 bits per heavy atom. The second-order valence-corrected chi connectivity index (χ2v) is 6.55. The molecule has 0 saturated carbocycles. The minimum Gasteiger partial charge on any atom is -0.456 e. The maximum Gasteiger partial charge on any atom is 0.356 e. The number of fused-ring (bicyclic) bond motifs is 1. The van der Waals surface area contributed by atoms with Crippen LogP contribution in [0.4, 0.5) is 0 Å². The Morgan fingerprint density at radius 3 is 2.70 bits per heavy atom. The number of carbonyl (C=O) groups excluding carboxylic acids is 1. The van der Waals surface area contributed by atoms with Gasteiger partial charge in [0.1, 0.15) is 12.3 Å². The van der Waals surface area contributed by atoms with Crippen molar-refractivity contribution in [3.05, 3.63) is 41.2 Å². The summed E-state index contributed by atoms with van der Waals surface area (Å²) in [6.45, 7) is 6.56. The van der Waals surface area contributed by atoms with E-state index in [1.807, 2.05) is 18.2 Å². The van der Waals surface area contributed by atoms with Gasteiger partial charge in [-0.3, -0.25) is 4.68 Å². The molecule has 122 valence electrons. The lowest BCUT2D eigenvalue weighted by Gasteiger charge is -2.13. The lowest BCUT2D eigenvalue weighted by Crippen LogP contribution is -2.12. The molecular weight excluding hydrogens is 296 g/mol. The third-order valence-corrected chi connectivity index (χ3v) is 3.66. The summed E-state index contributed by atoms with van der Waals surface area (Å²) < 4.78 is 17.5. The topological polar surface area (TPSA) is 62.6 Å². The summed E-state index contributed by atoms with van der Waals surface area (Å²) in [5.74, 6) is 0.990. The van der Waals surface area contributed by atoms with Gasteiger partial charge in [-0.2, -0.15) is 5.10 Å². The van der Waals surface area contributed by atoms with Crippen LogP contribution in [-0.2, 0) is 23.8 Å². The van der Waals surface area contributed by atoms with Crippen LogP contribution in [0.5, 0.6) is 11.5 Å². The van der Waals surface area contributed by atoms with E-state index < -0.39 is 5.97 Å². The zero-order chi connectivity index (χ0) is 16.6. The average molecular weight is 316 g/mol. The summed E-state index contributed by atoms with van der Waals surface area (Å²) in [7, 11) is 1.74. The average Bonchev–Trinajstić information content (AvgIpc) is 3.09. The van der Waals surface area contributed by atoms with Crippen molar-refractivity contribution in [2.45, 2.75) is 32.8 Å². The molecule has 1 aliphatic heterocycles. The van der Waals surface area contributed by atoms with E-state index in [9.17, 15) is 4.79 Å². The minimum absolute atomic E-state index is 0.117. The predicted octanol–water partition coefficient (Wildman–Crippen LogP) is 2.80. The molecule has 0 saturated heterocycles. The number of carbonyl (C=O) groups is 1. The molecule has 0 radical (unpaired) electrons. The molecule has 0 bridgehead atoms. The van der Waals surface area contributed by atoms with Crippen LogP contribution in [0, 0.1) is 0 Å². The van der Waals surface area contributed by atoms with Crippen LogP contribution in [-0.4, -0.2) is 22.5 Å². The van der Waals surface area contributed by atoms with Gasteiger partial charge >= 0.3 is 5.97 Å². The second kappa shape index (κ2) is 5.61. The highest BCUT2D eigenvalue weighted by Crippen LogP contribution is 2.32. The third kappa shape index (κ3) is 3.16. The van der Waals surface area contributed by atoms with Gasteiger partial charge in [-0.05, 0) is 23.8 Å². The second-order valence-electron chi connectivity index (χ2n) is 6.55. The van der Waals surface area contributed by atoms with Gasteiger partial charge in [0.15, 0.2) is 11.5 Å². The largest absolute Gasteiger partial charge is 0.456 e. The first-order chi connectivity index (χ1) is 10.8. The predicted molar refractivity (Wildman–Crippen MR) is 83.6 cm³/mol. The van der Waals surface area contributed by atoms with Gasteiger partial charge in [-0.1, -0.05) is 26.8 Å². The molecule has 0 atom stereocenters. The molecule has 23 heavy (non-hydrogen) atoms. The number of hydrogen-bond donors (Lipinski definition) is 0. The fourth-order valence-corrected chi connectivity index (χ4v) is 2.28. The zero-order valence-electron chi connectivity index (χ0n) is 13.8. The van der Waals surface area contributed by atoms with E-state index >= 15 is 0 Å². The number of esters is 1. The third-order valence-electron chi connectivity index (χ3n) is 3.66. The molecule has 1 aliphatic rings. The zero-order valence-corrected chi connectivity index (χ0v) is 13.8. The molecule has 2 heterocycles. The fraction of sp³-hybridized carbons (Fsp3) is 0.412. The van der Waals surface area contributed by atoms with Gasteiger partial charge in [0.2, 0.25) is 6.79 Å². The molecule has 0 spiro atoms. The fourth-order valence-electron chi connectivity index (χ4n) is 2.28. The summed E-state index contributed by atoms with van der Waals surface area (Å²) in [5.41, 5.74) is 2.03. The molecule has 1 aromatic heterocycles. The Morgan fingerprint density at radius 1 is 1.26 bits per heavy atom. The van der Waals surface area contributed by atoms with Gasteiger partial charge in [0.05, 0.1) is 5.69 Å². The molecule has 0 N–H and O–H groups in total. The first-order valence-electron chi connectivity index (χ1n) is 7.45. The van der Waals surface area contributed by atoms with E-state index in [1.165, 1.54) is 0 Å². The van der Waals surface area contributed by atoms with Crippen LogP contribution < -0.4 is 9.47 Å². The number of ether oxygens (including phenoxy) is 3. The Labute approximate surface area is 135 Å². The van der Waals surface area contributed by atoms with Crippen molar-refractivity contribution in [2.75, 3.05) is 6.79 Å². The van der Waals surface area contributed by atoms with Gasteiger partial charge in [0, 0.05) is 12.5 Å². The summed E-state index contributed by atoms with van der Waals surface area (Å²) >= 11 is 0. The molecular formula is C17H20N2O4. The van der Waals surface area contributed by atoms with Crippen LogP contribution in [0.15, 0.2) is 24.3 Å². The lowest BCUT2D eigenvalue weighted by molar-refractivity contribution is 0.0459. The van der Waals surface area contributed by atoms with Crippen LogP contribution in [0.1, 0.15) is 42.5 Å². The number of nitrogens with zero attached hydrogens (tertiary/aromatic N) is 2. The van der Waals surface area contributed by atoms with Crippen molar-refractivity contribution >= 4 is 5.97 Å². The lowest BCUT2D eigenvalue weighted by atomic mass is 9.92. The SMILES string of the molecule is Cn1nc(C(C)(C)C)cc1C(=O)OCc1ccc2c(c1)OCO2. The number of hydrogen-bond acceptors (Lipinski definition) is 5. The minimum atomic E-state index is -0.395. The van der Waals surface area contributed by atoms with Crippen molar-refractivity contribution in [2.24, 2.45) is 7.05 Å². The summed E-state index contributed by atoms with van der Waals surface area (Å²) in [6.07, 6.45) is 0. The van der Waals surface area contributed by atoms with Crippen molar-refractivity contribution < 1.29 is 19.0 Å². The van der Waals surface area contributed by atoms with Crippen molar-refractivity contribution in [1.29, 1.82) is 0 Å². The Bertz CT molecular complexity index is 744. The van der Waals surface area contributed by atoms with E-state index in [2.05, 4.69) is 25.9 Å². The van der Waals surface area contributed by atoms with E-state index in [-0.39, 0.29) is 18.8 Å². The van der Waals surface area contributed by atoms with Crippen molar-refractivity contribution in [3.8, 4) is 11.5 Å². The Hall–Kier alpha value is -2.50. The number of rotatable bonds is 3. The molecule has 0 fully saturated rings. The maximum atomic E-state index is 12.3.